The second-order valence-corrected chi connectivity index (χ2v) is 12.2. The highest BCUT2D eigenvalue weighted by molar-refractivity contribution is 4.85. The van der Waals surface area contributed by atoms with Crippen LogP contribution in [-0.2, 0) is 0 Å². The average Bonchev–Trinajstić information content (AvgIpc) is 2.68. The summed E-state index contributed by atoms with van der Waals surface area (Å²) in [4.78, 5) is 2.74. The third kappa shape index (κ3) is 21.8. The quantitative estimate of drug-likeness (QED) is 0.281. The molecule has 1 nitrogen and oxygen atoms in total. The van der Waals surface area contributed by atoms with Gasteiger partial charge in [-0.1, -0.05) is 117 Å². The van der Waals surface area contributed by atoms with Crippen LogP contribution in [0.3, 0.4) is 0 Å². The zero-order valence-corrected chi connectivity index (χ0v) is 26.5. The molecule has 0 amide bonds. The van der Waals surface area contributed by atoms with E-state index in [9.17, 15) is 0 Å². The maximum atomic E-state index is 2.74. The summed E-state index contributed by atoms with van der Waals surface area (Å²) in [7, 11) is 0. The van der Waals surface area contributed by atoms with Crippen molar-refractivity contribution in [2.45, 2.75) is 168 Å². The lowest BCUT2D eigenvalue weighted by atomic mass is 9.67. The van der Waals surface area contributed by atoms with E-state index in [4.69, 9.17) is 0 Å². The molecular weight excluding hydrogens is 386 g/mol. The summed E-state index contributed by atoms with van der Waals surface area (Å²) in [6.07, 6.45) is 9.24. The van der Waals surface area contributed by atoms with Gasteiger partial charge in [0.2, 0.25) is 0 Å². The van der Waals surface area contributed by atoms with Gasteiger partial charge in [0.1, 0.15) is 0 Å². The molecule has 0 aromatic carbocycles. The minimum absolute atomic E-state index is 0.339. The van der Waals surface area contributed by atoms with Crippen molar-refractivity contribution in [2.75, 3.05) is 13.1 Å². The molecule has 0 rings (SSSR count). The smallest absolute Gasteiger partial charge is 0.0153 e. The Balaban J connectivity index is -0.000000330. The van der Waals surface area contributed by atoms with Crippen molar-refractivity contribution >= 4 is 0 Å². The van der Waals surface area contributed by atoms with Gasteiger partial charge in [-0.2, -0.15) is 0 Å². The third-order valence-corrected chi connectivity index (χ3v) is 6.81. The van der Waals surface area contributed by atoms with Crippen LogP contribution >= 0.6 is 0 Å². The van der Waals surface area contributed by atoms with E-state index in [1.54, 1.807) is 0 Å². The maximum absolute atomic E-state index is 2.74. The first-order valence-electron chi connectivity index (χ1n) is 14.4. The van der Waals surface area contributed by atoms with Gasteiger partial charge in [0, 0.05) is 5.54 Å². The largest absolute Gasteiger partial charge is 0.298 e. The summed E-state index contributed by atoms with van der Waals surface area (Å²) in [6.45, 7) is 41.1. The van der Waals surface area contributed by atoms with Crippen LogP contribution in [0.4, 0.5) is 0 Å². The van der Waals surface area contributed by atoms with E-state index in [0.717, 1.165) is 11.8 Å². The van der Waals surface area contributed by atoms with E-state index in [0.29, 0.717) is 16.4 Å². The summed E-state index contributed by atoms with van der Waals surface area (Å²) in [5.41, 5.74) is 1.13. The van der Waals surface area contributed by atoms with Crippen molar-refractivity contribution < 1.29 is 0 Å². The number of hydrogen-bond acceptors (Lipinski definition) is 1. The van der Waals surface area contributed by atoms with E-state index < -0.39 is 0 Å². The molecule has 0 spiro atoms. The average molecular weight is 458 g/mol. The summed E-state index contributed by atoms with van der Waals surface area (Å²) in [5.74, 6) is 1.71. The first kappa shape index (κ1) is 39.2. The molecule has 0 aliphatic rings. The number of nitrogens with zero attached hydrogens (tertiary/aromatic N) is 1. The van der Waals surface area contributed by atoms with Crippen LogP contribution in [0.2, 0.25) is 0 Å². The van der Waals surface area contributed by atoms with Gasteiger partial charge in [-0.3, -0.25) is 4.90 Å². The normalized spacial score (nSPS) is 12.0. The third-order valence-electron chi connectivity index (χ3n) is 6.81. The molecule has 0 atom stereocenters. The van der Waals surface area contributed by atoms with E-state index in [1.165, 1.54) is 58.0 Å². The first-order chi connectivity index (χ1) is 14.6. The van der Waals surface area contributed by atoms with Gasteiger partial charge in [-0.05, 0) is 81.7 Å². The molecule has 0 saturated heterocycles. The Morgan fingerprint density at radius 3 is 1.31 bits per heavy atom. The minimum Gasteiger partial charge on any atom is -0.298 e. The predicted molar refractivity (Wildman–Crippen MR) is 155 cm³/mol. The maximum Gasteiger partial charge on any atom is 0.0153 e. The van der Waals surface area contributed by atoms with Gasteiger partial charge in [-0.25, -0.2) is 0 Å². The van der Waals surface area contributed by atoms with E-state index in [1.807, 2.05) is 27.7 Å². The molecule has 0 unspecified atom stereocenters. The Morgan fingerprint density at radius 2 is 1.03 bits per heavy atom. The second-order valence-electron chi connectivity index (χ2n) is 12.2. The van der Waals surface area contributed by atoms with Crippen LogP contribution in [0, 0.1) is 22.7 Å². The lowest BCUT2D eigenvalue weighted by Gasteiger charge is -2.42. The number of hydrogen-bond donors (Lipinski definition) is 0. The Labute approximate surface area is 208 Å². The van der Waals surface area contributed by atoms with Crippen molar-refractivity contribution in [3.8, 4) is 0 Å². The fraction of sp³-hybridized carbons (Fsp3) is 1.00. The first-order valence-corrected chi connectivity index (χ1v) is 14.4. The Kier molecular flexibility index (Phi) is 26.3. The summed E-state index contributed by atoms with van der Waals surface area (Å²) in [6, 6.07) is 0. The molecular formula is C31H71N. The van der Waals surface area contributed by atoms with Crippen molar-refractivity contribution in [1.29, 1.82) is 0 Å². The van der Waals surface area contributed by atoms with Crippen LogP contribution in [-0.4, -0.2) is 23.5 Å². The highest BCUT2D eigenvalue weighted by atomic mass is 15.2. The van der Waals surface area contributed by atoms with Gasteiger partial charge in [0.25, 0.3) is 0 Å². The lowest BCUT2D eigenvalue weighted by molar-refractivity contribution is 0.0781. The Bertz CT molecular complexity index is 357. The predicted octanol–water partition coefficient (Wildman–Crippen LogP) is 11.3. The molecule has 0 bridgehead atoms. The molecule has 0 aromatic rings. The molecule has 0 fully saturated rings. The van der Waals surface area contributed by atoms with Gasteiger partial charge < -0.3 is 0 Å². The highest BCUT2D eigenvalue weighted by Crippen LogP contribution is 2.41. The monoisotopic (exact) mass is 458 g/mol. The van der Waals surface area contributed by atoms with E-state index >= 15 is 0 Å². The van der Waals surface area contributed by atoms with Crippen molar-refractivity contribution in [1.82, 2.24) is 4.90 Å². The van der Waals surface area contributed by atoms with Gasteiger partial charge >= 0.3 is 0 Å². The zero-order chi connectivity index (χ0) is 26.6. The van der Waals surface area contributed by atoms with Crippen LogP contribution < -0.4 is 0 Å². The van der Waals surface area contributed by atoms with E-state index in [-0.39, 0.29) is 0 Å². The number of rotatable bonds is 12. The van der Waals surface area contributed by atoms with Crippen LogP contribution in [0.1, 0.15) is 163 Å². The van der Waals surface area contributed by atoms with Gasteiger partial charge in [0.05, 0.1) is 0 Å². The van der Waals surface area contributed by atoms with Crippen LogP contribution in [0.25, 0.3) is 0 Å². The van der Waals surface area contributed by atoms with Gasteiger partial charge in [0.15, 0.2) is 0 Å². The fourth-order valence-electron chi connectivity index (χ4n) is 3.45. The molecule has 0 saturated carbocycles. The second kappa shape index (κ2) is 21.5. The molecule has 1 heteroatoms. The summed E-state index contributed by atoms with van der Waals surface area (Å²) < 4.78 is 0. The molecule has 0 aliphatic heterocycles. The van der Waals surface area contributed by atoms with Crippen molar-refractivity contribution in [2.24, 2.45) is 22.7 Å². The molecule has 0 heterocycles. The fourth-order valence-corrected chi connectivity index (χ4v) is 3.45. The molecule has 0 aliphatic carbocycles. The van der Waals surface area contributed by atoms with Crippen LogP contribution in [0.5, 0.6) is 0 Å². The zero-order valence-electron chi connectivity index (χ0n) is 26.5. The molecule has 200 valence electrons. The SMILES string of the molecule is CC.CC.CCCC(C)C.CCCN(CCCC(C)(C)C(C)(C)C)C(C)(C)CCC(C)C. The molecule has 0 N–H and O–H groups in total. The summed E-state index contributed by atoms with van der Waals surface area (Å²) >= 11 is 0. The van der Waals surface area contributed by atoms with Crippen molar-refractivity contribution in [3.05, 3.63) is 0 Å². The van der Waals surface area contributed by atoms with Gasteiger partial charge in [-0.15, -0.1) is 0 Å². The molecule has 0 radical (unpaired) electrons. The van der Waals surface area contributed by atoms with Crippen LogP contribution in [0.15, 0.2) is 0 Å². The topological polar surface area (TPSA) is 3.24 Å². The summed E-state index contributed by atoms with van der Waals surface area (Å²) in [5, 5.41) is 0. The molecule has 0 aromatic heterocycles. The van der Waals surface area contributed by atoms with E-state index in [2.05, 4.69) is 94.9 Å². The standard InChI is InChI=1S/C21H45N.C6H14.2C2H6/c1-11-16-22(21(9,10)15-13-18(2)3)17-12-14-20(7,8)19(4,5)6;1-4-5-6(2)3;2*1-2/h18H,11-17H2,1-10H3;6H,4-5H2,1-3H3;2*1-2H3. The minimum atomic E-state index is 0.339. The highest BCUT2D eigenvalue weighted by Gasteiger charge is 2.33. The Morgan fingerprint density at radius 1 is 0.594 bits per heavy atom. The van der Waals surface area contributed by atoms with Crippen molar-refractivity contribution in [3.63, 3.8) is 0 Å². The molecule has 32 heavy (non-hydrogen) atoms. The lowest BCUT2D eigenvalue weighted by Crippen LogP contribution is -2.45. The Hall–Kier alpha value is -0.0400.